The van der Waals surface area contributed by atoms with Crippen LogP contribution in [-0.4, -0.2) is 32.6 Å². The van der Waals surface area contributed by atoms with Crippen molar-refractivity contribution in [3.63, 3.8) is 0 Å². The molecule has 1 fully saturated rings. The summed E-state index contributed by atoms with van der Waals surface area (Å²) in [6, 6.07) is 8.03. The zero-order chi connectivity index (χ0) is 18.9. The number of nitrogens with zero attached hydrogens (tertiary/aromatic N) is 1. The second-order valence-corrected chi connectivity index (χ2v) is 7.93. The van der Waals surface area contributed by atoms with E-state index in [4.69, 9.17) is 5.11 Å². The van der Waals surface area contributed by atoms with Crippen LogP contribution in [0.4, 0.5) is 15.8 Å². The summed E-state index contributed by atoms with van der Waals surface area (Å²) in [5, 5.41) is 9.15. The van der Waals surface area contributed by atoms with Gasteiger partial charge in [0.25, 0.3) is 10.0 Å². The molecule has 8 heteroatoms. The fraction of sp³-hybridized carbons (Fsp3) is 0.278. The maximum absolute atomic E-state index is 14.3. The van der Waals surface area contributed by atoms with Crippen molar-refractivity contribution in [1.29, 1.82) is 0 Å². The molecule has 1 heterocycles. The van der Waals surface area contributed by atoms with Crippen molar-refractivity contribution in [1.82, 2.24) is 0 Å². The minimum absolute atomic E-state index is 0.0860. The van der Waals surface area contributed by atoms with E-state index in [1.165, 1.54) is 18.2 Å². The highest BCUT2D eigenvalue weighted by atomic mass is 32.2. The Bertz CT molecular complexity index is 954. The third-order valence-electron chi connectivity index (χ3n) is 4.40. The van der Waals surface area contributed by atoms with Crippen molar-refractivity contribution in [2.75, 3.05) is 22.7 Å². The molecule has 3 rings (SSSR count). The van der Waals surface area contributed by atoms with Gasteiger partial charge in [0.05, 0.1) is 21.8 Å². The predicted molar refractivity (Wildman–Crippen MR) is 96.8 cm³/mol. The molecule has 138 valence electrons. The number of sulfonamides is 1. The number of carboxylic acids is 1. The van der Waals surface area contributed by atoms with Gasteiger partial charge in [0.15, 0.2) is 0 Å². The van der Waals surface area contributed by atoms with Gasteiger partial charge in [-0.1, -0.05) is 6.07 Å². The number of carboxylic acid groups (broad SMARTS) is 1. The summed E-state index contributed by atoms with van der Waals surface area (Å²) in [5.74, 6) is -1.71. The minimum atomic E-state index is -4.03. The lowest BCUT2D eigenvalue weighted by Crippen LogP contribution is -2.19. The molecular weight excluding hydrogens is 359 g/mol. The molecule has 0 saturated carbocycles. The van der Waals surface area contributed by atoms with E-state index >= 15 is 0 Å². The zero-order valence-electron chi connectivity index (χ0n) is 14.2. The van der Waals surface area contributed by atoms with Crippen molar-refractivity contribution in [3.05, 3.63) is 53.3 Å². The Hall–Kier alpha value is -2.61. The molecule has 0 radical (unpaired) electrons. The fourth-order valence-electron chi connectivity index (χ4n) is 3.00. The highest BCUT2D eigenvalue weighted by Crippen LogP contribution is 2.27. The number of hydrogen-bond acceptors (Lipinski definition) is 4. The molecule has 0 aromatic heterocycles. The van der Waals surface area contributed by atoms with Crippen molar-refractivity contribution >= 4 is 27.4 Å². The second kappa shape index (κ2) is 6.95. The quantitative estimate of drug-likeness (QED) is 0.834. The Morgan fingerprint density at radius 2 is 1.85 bits per heavy atom. The third kappa shape index (κ3) is 3.65. The first-order valence-corrected chi connectivity index (χ1v) is 9.67. The molecular formula is C18H19FN2O4S. The van der Waals surface area contributed by atoms with Gasteiger partial charge in [-0.25, -0.2) is 17.6 Å². The van der Waals surface area contributed by atoms with Crippen LogP contribution in [-0.2, 0) is 10.0 Å². The molecule has 0 bridgehead atoms. The largest absolute Gasteiger partial charge is 0.478 e. The monoisotopic (exact) mass is 378 g/mol. The van der Waals surface area contributed by atoms with Gasteiger partial charge in [-0.3, -0.25) is 4.72 Å². The summed E-state index contributed by atoms with van der Waals surface area (Å²) in [6.07, 6.45) is 2.01. The van der Waals surface area contributed by atoms with Gasteiger partial charge in [-0.15, -0.1) is 0 Å². The number of rotatable bonds is 5. The number of aryl methyl sites for hydroxylation is 1. The van der Waals surface area contributed by atoms with E-state index in [-0.39, 0.29) is 16.1 Å². The van der Waals surface area contributed by atoms with Crippen LogP contribution in [0.25, 0.3) is 0 Å². The van der Waals surface area contributed by atoms with E-state index in [0.717, 1.165) is 38.1 Å². The Balaban J connectivity index is 1.87. The Kier molecular flexibility index (Phi) is 4.86. The molecule has 0 aliphatic carbocycles. The van der Waals surface area contributed by atoms with E-state index in [2.05, 4.69) is 4.72 Å². The molecule has 1 aliphatic heterocycles. The van der Waals surface area contributed by atoms with E-state index in [0.29, 0.717) is 11.3 Å². The van der Waals surface area contributed by atoms with Crippen LogP contribution in [0.15, 0.2) is 41.3 Å². The van der Waals surface area contributed by atoms with Crippen molar-refractivity contribution < 1.29 is 22.7 Å². The third-order valence-corrected chi connectivity index (χ3v) is 5.78. The van der Waals surface area contributed by atoms with Crippen LogP contribution in [0.1, 0.15) is 28.8 Å². The number of benzene rings is 2. The number of nitrogens with one attached hydrogen (secondary N) is 1. The standard InChI is InChI=1S/C18H19FN2O4S/c1-12-4-6-14(11-15(12)18(22)23)26(24,25)20-13-5-7-17(16(19)10-13)21-8-2-3-9-21/h4-7,10-11,20H,2-3,8-9H2,1H3,(H,22,23). The lowest BCUT2D eigenvalue weighted by molar-refractivity contribution is 0.0696. The predicted octanol–water partition coefficient (Wildman–Crippen LogP) is 3.23. The van der Waals surface area contributed by atoms with Gasteiger partial charge in [-0.05, 0) is 49.6 Å². The molecule has 0 atom stereocenters. The fourth-order valence-corrected chi connectivity index (χ4v) is 4.07. The Labute approximate surface area is 151 Å². The first-order valence-electron chi connectivity index (χ1n) is 8.19. The van der Waals surface area contributed by atoms with Crippen LogP contribution in [0.2, 0.25) is 0 Å². The maximum atomic E-state index is 14.3. The summed E-state index contributed by atoms with van der Waals surface area (Å²) in [7, 11) is -4.03. The molecule has 0 unspecified atom stereocenters. The molecule has 26 heavy (non-hydrogen) atoms. The van der Waals surface area contributed by atoms with Crippen LogP contribution in [0, 0.1) is 12.7 Å². The highest BCUT2D eigenvalue weighted by Gasteiger charge is 2.20. The van der Waals surface area contributed by atoms with Gasteiger partial charge in [0.1, 0.15) is 5.82 Å². The van der Waals surface area contributed by atoms with Crippen LogP contribution >= 0.6 is 0 Å². The van der Waals surface area contributed by atoms with E-state index in [9.17, 15) is 17.6 Å². The van der Waals surface area contributed by atoms with Crippen LogP contribution in [0.3, 0.4) is 0 Å². The normalized spacial score (nSPS) is 14.5. The number of aromatic carboxylic acids is 1. The average molecular weight is 378 g/mol. The molecule has 6 nitrogen and oxygen atoms in total. The second-order valence-electron chi connectivity index (χ2n) is 6.25. The van der Waals surface area contributed by atoms with E-state index in [1.807, 2.05) is 4.90 Å². The zero-order valence-corrected chi connectivity index (χ0v) is 15.0. The summed E-state index contributed by atoms with van der Waals surface area (Å²) in [5.41, 5.74) is 0.901. The summed E-state index contributed by atoms with van der Waals surface area (Å²) in [4.78, 5) is 12.9. The smallest absolute Gasteiger partial charge is 0.335 e. The lowest BCUT2D eigenvalue weighted by Gasteiger charge is -2.19. The van der Waals surface area contributed by atoms with Crippen LogP contribution < -0.4 is 9.62 Å². The SMILES string of the molecule is Cc1ccc(S(=O)(=O)Nc2ccc(N3CCCC3)c(F)c2)cc1C(=O)O. The first-order chi connectivity index (χ1) is 12.3. The number of hydrogen-bond donors (Lipinski definition) is 2. The van der Waals surface area contributed by atoms with Crippen molar-refractivity contribution in [2.24, 2.45) is 0 Å². The summed E-state index contributed by atoms with van der Waals surface area (Å²) in [6.45, 7) is 3.15. The van der Waals surface area contributed by atoms with Crippen LogP contribution in [0.5, 0.6) is 0 Å². The van der Waals surface area contributed by atoms with E-state index < -0.39 is 21.8 Å². The highest BCUT2D eigenvalue weighted by molar-refractivity contribution is 7.92. The van der Waals surface area contributed by atoms with Gasteiger partial charge >= 0.3 is 5.97 Å². The van der Waals surface area contributed by atoms with Gasteiger partial charge in [0.2, 0.25) is 0 Å². The van der Waals surface area contributed by atoms with Gasteiger partial charge < -0.3 is 10.0 Å². The minimum Gasteiger partial charge on any atom is -0.478 e. The van der Waals surface area contributed by atoms with E-state index in [1.54, 1.807) is 13.0 Å². The van der Waals surface area contributed by atoms with Crippen molar-refractivity contribution in [2.45, 2.75) is 24.7 Å². The molecule has 2 aromatic rings. The topological polar surface area (TPSA) is 86.7 Å². The number of halogens is 1. The molecule has 1 aliphatic rings. The lowest BCUT2D eigenvalue weighted by atomic mass is 10.1. The average Bonchev–Trinajstić information content (AvgIpc) is 3.08. The summed E-state index contributed by atoms with van der Waals surface area (Å²) < 4.78 is 41.7. The van der Waals surface area contributed by atoms with Gasteiger partial charge in [0, 0.05) is 19.2 Å². The number of carbonyl (C=O) groups is 1. The molecule has 0 amide bonds. The summed E-state index contributed by atoms with van der Waals surface area (Å²) >= 11 is 0. The molecule has 0 spiro atoms. The Morgan fingerprint density at radius 1 is 1.15 bits per heavy atom. The number of anilines is 2. The molecule has 1 saturated heterocycles. The van der Waals surface area contributed by atoms with Crippen molar-refractivity contribution in [3.8, 4) is 0 Å². The van der Waals surface area contributed by atoms with Gasteiger partial charge in [-0.2, -0.15) is 0 Å². The maximum Gasteiger partial charge on any atom is 0.335 e. The molecule has 2 aromatic carbocycles. The first kappa shape index (κ1) is 18.2. The Morgan fingerprint density at radius 3 is 2.46 bits per heavy atom. The molecule has 2 N–H and O–H groups in total.